The van der Waals surface area contributed by atoms with E-state index in [-0.39, 0.29) is 0 Å². The van der Waals surface area contributed by atoms with Crippen molar-refractivity contribution in [1.82, 2.24) is 15.3 Å². The minimum absolute atomic E-state index is 0.296. The number of nitrogens with one attached hydrogen (secondary N) is 3. The summed E-state index contributed by atoms with van der Waals surface area (Å²) in [4.78, 5) is 58.2. The molecule has 2 atom stereocenters. The Balaban J connectivity index is 1.60. The lowest BCUT2D eigenvalue weighted by Gasteiger charge is -2.16. The van der Waals surface area contributed by atoms with Crippen LogP contribution in [0, 0.1) is 6.92 Å². The number of carbonyl (C=O) groups is 3. The maximum absolute atomic E-state index is 12.9. The molecule has 1 amide bonds. The van der Waals surface area contributed by atoms with Crippen LogP contribution in [0.15, 0.2) is 46.1 Å². The molecule has 4 rings (SSSR count). The molecular formula is C21H17ClN4O5S. The van der Waals surface area contributed by atoms with Gasteiger partial charge in [-0.1, -0.05) is 29.4 Å². The number of fused-ring (bicyclic) bond motifs is 2. The molecule has 0 bridgehead atoms. The number of aryl methyl sites for hydroxylation is 1. The molecule has 11 heteroatoms. The summed E-state index contributed by atoms with van der Waals surface area (Å²) in [6.07, 6.45) is 0. The van der Waals surface area contributed by atoms with Crippen LogP contribution >= 0.6 is 23.4 Å². The molecule has 2 heterocycles. The highest BCUT2D eigenvalue weighted by atomic mass is 35.5. The average molecular weight is 473 g/mol. The Kier molecular flexibility index (Phi) is 5.90. The number of amides is 1. The van der Waals surface area contributed by atoms with Crippen LogP contribution in [-0.2, 0) is 19.1 Å². The summed E-state index contributed by atoms with van der Waals surface area (Å²) in [5.41, 5.74) is 0.636. The number of aromatic amines is 1. The molecular weight excluding hydrogens is 456 g/mol. The van der Waals surface area contributed by atoms with Gasteiger partial charge in [0.05, 0.1) is 23.8 Å². The molecule has 0 aliphatic carbocycles. The maximum Gasteiger partial charge on any atom is 0.323 e. The standard InChI is InChI=1S/C21H17ClN4O5S/c1-9-3-5-12-14(7-9)32-21(25-12)26-19(29)17(27)15(20(30)31-2)16-18(28)24-13-8-10(22)4-6-11(13)23-16/h3-8,15,21,25H,1-2H3,(H,24,28)(H,26,29)/t15-,21+/m0/s1. The third-order valence-electron chi connectivity index (χ3n) is 4.81. The van der Waals surface area contributed by atoms with Crippen molar-refractivity contribution in [2.24, 2.45) is 0 Å². The van der Waals surface area contributed by atoms with Crippen molar-refractivity contribution in [1.29, 1.82) is 0 Å². The molecule has 1 aliphatic heterocycles. The summed E-state index contributed by atoms with van der Waals surface area (Å²) in [5, 5.41) is 5.99. The first-order valence-corrected chi connectivity index (χ1v) is 10.7. The van der Waals surface area contributed by atoms with Gasteiger partial charge in [0, 0.05) is 9.92 Å². The lowest BCUT2D eigenvalue weighted by Crippen LogP contribution is -2.44. The van der Waals surface area contributed by atoms with Gasteiger partial charge < -0.3 is 20.4 Å². The number of rotatable bonds is 5. The van der Waals surface area contributed by atoms with Gasteiger partial charge in [-0.25, -0.2) is 4.98 Å². The molecule has 1 aliphatic rings. The fourth-order valence-corrected chi connectivity index (χ4v) is 4.55. The third kappa shape index (κ3) is 4.19. The molecule has 0 spiro atoms. The van der Waals surface area contributed by atoms with Crippen molar-refractivity contribution >= 4 is 57.7 Å². The van der Waals surface area contributed by atoms with Crippen molar-refractivity contribution in [3.8, 4) is 0 Å². The number of methoxy groups -OCH3 is 1. The zero-order valence-electron chi connectivity index (χ0n) is 16.9. The summed E-state index contributed by atoms with van der Waals surface area (Å²) in [5.74, 6) is -5.09. The second-order valence-corrected chi connectivity index (χ2v) is 8.63. The number of anilines is 1. The topological polar surface area (TPSA) is 130 Å². The first-order valence-electron chi connectivity index (χ1n) is 9.42. The van der Waals surface area contributed by atoms with Gasteiger partial charge in [-0.15, -0.1) is 0 Å². The molecule has 3 aromatic rings. The van der Waals surface area contributed by atoms with Gasteiger partial charge in [0.15, 0.2) is 11.4 Å². The van der Waals surface area contributed by atoms with E-state index in [1.165, 1.54) is 23.9 Å². The number of esters is 1. The molecule has 0 saturated heterocycles. The first-order chi connectivity index (χ1) is 15.3. The second-order valence-electron chi connectivity index (χ2n) is 7.05. The second kappa shape index (κ2) is 8.64. The Morgan fingerprint density at radius 2 is 2.00 bits per heavy atom. The minimum Gasteiger partial charge on any atom is -0.468 e. The van der Waals surface area contributed by atoms with Crippen molar-refractivity contribution in [2.75, 3.05) is 12.4 Å². The lowest BCUT2D eigenvalue weighted by molar-refractivity contribution is -0.149. The molecule has 0 radical (unpaired) electrons. The highest BCUT2D eigenvalue weighted by Crippen LogP contribution is 2.37. The largest absolute Gasteiger partial charge is 0.468 e. The smallest absolute Gasteiger partial charge is 0.323 e. The molecule has 9 nitrogen and oxygen atoms in total. The van der Waals surface area contributed by atoms with E-state index in [4.69, 9.17) is 11.6 Å². The summed E-state index contributed by atoms with van der Waals surface area (Å²) >= 11 is 7.24. The van der Waals surface area contributed by atoms with Gasteiger partial charge in [-0.05, 0) is 42.8 Å². The van der Waals surface area contributed by atoms with E-state index < -0.39 is 40.3 Å². The van der Waals surface area contributed by atoms with Crippen LogP contribution < -0.4 is 16.2 Å². The predicted octanol–water partition coefficient (Wildman–Crippen LogP) is 2.33. The van der Waals surface area contributed by atoms with E-state index in [9.17, 15) is 19.2 Å². The van der Waals surface area contributed by atoms with E-state index in [0.29, 0.717) is 16.1 Å². The van der Waals surface area contributed by atoms with Crippen LogP contribution in [0.4, 0.5) is 5.69 Å². The van der Waals surface area contributed by atoms with Crippen molar-refractivity contribution in [2.45, 2.75) is 23.2 Å². The number of benzene rings is 2. The zero-order chi connectivity index (χ0) is 23.0. The quantitative estimate of drug-likeness (QED) is 0.293. The number of halogens is 1. The van der Waals surface area contributed by atoms with Crippen LogP contribution in [0.3, 0.4) is 0 Å². The van der Waals surface area contributed by atoms with Gasteiger partial charge >= 0.3 is 5.97 Å². The van der Waals surface area contributed by atoms with E-state index in [1.807, 2.05) is 25.1 Å². The molecule has 0 saturated carbocycles. The number of hydrogen-bond acceptors (Lipinski definition) is 8. The minimum atomic E-state index is -1.82. The Morgan fingerprint density at radius 1 is 1.22 bits per heavy atom. The SMILES string of the molecule is COC(=O)[C@H](C(=O)C(=O)N[C@H]1Nc2ccc(C)cc2S1)c1nc2ccc(Cl)cc2[nH]c1=O. The first kappa shape index (κ1) is 21.8. The summed E-state index contributed by atoms with van der Waals surface area (Å²) in [7, 11) is 1.06. The summed E-state index contributed by atoms with van der Waals surface area (Å²) in [6.45, 7) is 1.94. The highest BCUT2D eigenvalue weighted by molar-refractivity contribution is 8.00. The van der Waals surface area contributed by atoms with Crippen LogP contribution in [0.25, 0.3) is 11.0 Å². The van der Waals surface area contributed by atoms with E-state index in [0.717, 1.165) is 23.3 Å². The molecule has 164 valence electrons. The number of thioether (sulfide) groups is 1. The van der Waals surface area contributed by atoms with Gasteiger partial charge in [0.2, 0.25) is 5.78 Å². The lowest BCUT2D eigenvalue weighted by atomic mass is 9.99. The molecule has 1 aromatic heterocycles. The fourth-order valence-electron chi connectivity index (χ4n) is 3.26. The van der Waals surface area contributed by atoms with E-state index in [2.05, 4.69) is 25.3 Å². The Labute approximate surface area is 190 Å². The maximum atomic E-state index is 12.9. The molecule has 3 N–H and O–H groups in total. The number of ketones is 1. The number of carbonyl (C=O) groups excluding carboxylic acids is 3. The number of hydrogen-bond donors (Lipinski definition) is 3. The normalized spacial score (nSPS) is 15.5. The van der Waals surface area contributed by atoms with Gasteiger partial charge in [0.1, 0.15) is 5.69 Å². The number of Topliss-reactive ketones (excluding diaryl/α,β-unsaturated/α-hetero) is 1. The van der Waals surface area contributed by atoms with E-state index in [1.54, 1.807) is 6.07 Å². The third-order valence-corrected chi connectivity index (χ3v) is 6.11. The van der Waals surface area contributed by atoms with Crippen molar-refractivity contribution in [3.05, 3.63) is 63.0 Å². The Bertz CT molecular complexity index is 1330. The number of nitrogens with zero attached hydrogens (tertiary/aromatic N) is 1. The Hall–Kier alpha value is -3.37. The number of aromatic nitrogens is 2. The van der Waals surface area contributed by atoms with Crippen molar-refractivity contribution in [3.63, 3.8) is 0 Å². The van der Waals surface area contributed by atoms with Gasteiger partial charge in [-0.3, -0.25) is 19.2 Å². The summed E-state index contributed by atoms with van der Waals surface area (Å²) in [6, 6.07) is 10.3. The molecule has 0 unspecified atom stereocenters. The predicted molar refractivity (Wildman–Crippen MR) is 120 cm³/mol. The van der Waals surface area contributed by atoms with Crippen molar-refractivity contribution < 1.29 is 19.1 Å². The van der Waals surface area contributed by atoms with Gasteiger partial charge in [-0.2, -0.15) is 0 Å². The van der Waals surface area contributed by atoms with E-state index >= 15 is 0 Å². The average Bonchev–Trinajstić information content (AvgIpc) is 3.15. The number of ether oxygens (including phenoxy) is 1. The molecule has 32 heavy (non-hydrogen) atoms. The van der Waals surface area contributed by atoms with Crippen LogP contribution in [0.5, 0.6) is 0 Å². The molecule has 0 fully saturated rings. The number of H-pyrrole nitrogens is 1. The van der Waals surface area contributed by atoms with Gasteiger partial charge in [0.25, 0.3) is 11.5 Å². The van der Waals surface area contributed by atoms with Crippen LogP contribution in [0.1, 0.15) is 17.2 Å². The zero-order valence-corrected chi connectivity index (χ0v) is 18.5. The van der Waals surface area contributed by atoms with Crippen LogP contribution in [0.2, 0.25) is 5.02 Å². The monoisotopic (exact) mass is 472 g/mol. The van der Waals surface area contributed by atoms with Crippen LogP contribution in [-0.4, -0.2) is 40.2 Å². The molecule has 2 aromatic carbocycles. The Morgan fingerprint density at radius 3 is 2.75 bits per heavy atom. The summed E-state index contributed by atoms with van der Waals surface area (Å²) < 4.78 is 4.68. The highest BCUT2D eigenvalue weighted by Gasteiger charge is 2.39. The fraction of sp³-hybridized carbons (Fsp3) is 0.190.